The molecule has 148 valence electrons. The van der Waals surface area contributed by atoms with Crippen molar-refractivity contribution in [3.8, 4) is 11.4 Å². The summed E-state index contributed by atoms with van der Waals surface area (Å²) in [7, 11) is -2.35. The first-order valence-electron chi connectivity index (χ1n) is 8.12. The van der Waals surface area contributed by atoms with E-state index >= 15 is 0 Å². The van der Waals surface area contributed by atoms with Gasteiger partial charge in [-0.1, -0.05) is 11.6 Å². The van der Waals surface area contributed by atoms with E-state index in [0.717, 1.165) is 16.6 Å². The molecular formula is C17H17ClN4O5S. The summed E-state index contributed by atoms with van der Waals surface area (Å²) in [4.78, 5) is 14.7. The van der Waals surface area contributed by atoms with Crippen molar-refractivity contribution in [2.75, 3.05) is 17.6 Å². The number of fused-ring (bicyclic) bond motifs is 1. The van der Waals surface area contributed by atoms with Crippen LogP contribution in [0.5, 0.6) is 5.75 Å². The Kier molecular flexibility index (Phi) is 5.43. The van der Waals surface area contributed by atoms with Gasteiger partial charge in [-0.2, -0.15) is 5.10 Å². The predicted molar refractivity (Wildman–Crippen MR) is 105 cm³/mol. The van der Waals surface area contributed by atoms with Gasteiger partial charge >= 0.3 is 5.97 Å². The lowest BCUT2D eigenvalue weighted by Crippen LogP contribution is -2.19. The van der Waals surface area contributed by atoms with Gasteiger partial charge in [0, 0.05) is 23.7 Å². The molecule has 3 rings (SSSR count). The number of hydrogen-bond donors (Lipinski definition) is 2. The maximum atomic E-state index is 12.0. The molecule has 0 bridgehead atoms. The number of rotatable bonds is 7. The Morgan fingerprint density at radius 1 is 1.36 bits per heavy atom. The number of carbonyl (C=O) groups is 1. The molecule has 11 heteroatoms. The van der Waals surface area contributed by atoms with E-state index in [9.17, 15) is 13.2 Å². The fourth-order valence-electron chi connectivity index (χ4n) is 2.68. The zero-order chi connectivity index (χ0) is 20.5. The van der Waals surface area contributed by atoms with Crippen LogP contribution in [0, 0.1) is 6.92 Å². The summed E-state index contributed by atoms with van der Waals surface area (Å²) in [5, 5.41) is 14.3. The molecule has 0 atom stereocenters. The van der Waals surface area contributed by atoms with E-state index in [4.69, 9.17) is 21.4 Å². The van der Waals surface area contributed by atoms with E-state index in [1.54, 1.807) is 29.1 Å². The standard InChI is InChI=1S/C17H17ClN4O5S/c1-10-12-9-19-16(18)8-14(12)22(20-10)13-4-3-11(7-15(13)27-2)21-28(25,26)6-5-17(23)24/h3-4,7-9,21H,5-6H2,1-2H3,(H,23,24). The number of ether oxygens (including phenoxy) is 1. The number of aromatic nitrogens is 3. The number of hydrogen-bond acceptors (Lipinski definition) is 6. The maximum Gasteiger partial charge on any atom is 0.304 e. The summed E-state index contributed by atoms with van der Waals surface area (Å²) < 4.78 is 33.4. The van der Waals surface area contributed by atoms with Crippen LogP contribution >= 0.6 is 11.6 Å². The molecule has 0 unspecified atom stereocenters. The van der Waals surface area contributed by atoms with Crippen LogP contribution in [0.4, 0.5) is 5.69 Å². The highest BCUT2D eigenvalue weighted by atomic mass is 35.5. The molecule has 0 spiro atoms. The average molecular weight is 425 g/mol. The Bertz CT molecular complexity index is 1160. The molecule has 0 saturated carbocycles. The molecule has 0 fully saturated rings. The van der Waals surface area contributed by atoms with Crippen molar-refractivity contribution in [2.45, 2.75) is 13.3 Å². The van der Waals surface area contributed by atoms with Crippen molar-refractivity contribution >= 4 is 44.2 Å². The molecule has 2 N–H and O–H groups in total. The Labute approximate surface area is 166 Å². The van der Waals surface area contributed by atoms with E-state index in [0.29, 0.717) is 16.6 Å². The summed E-state index contributed by atoms with van der Waals surface area (Å²) in [5.41, 5.74) is 2.31. The lowest BCUT2D eigenvalue weighted by atomic mass is 10.2. The third kappa shape index (κ3) is 4.18. The molecule has 9 nitrogen and oxygen atoms in total. The summed E-state index contributed by atoms with van der Waals surface area (Å²) >= 11 is 6.01. The number of sulfonamides is 1. The van der Waals surface area contributed by atoms with Crippen molar-refractivity contribution in [3.63, 3.8) is 0 Å². The molecule has 0 aliphatic carbocycles. The highest BCUT2D eigenvalue weighted by molar-refractivity contribution is 7.92. The van der Waals surface area contributed by atoms with Crippen LogP contribution in [-0.2, 0) is 14.8 Å². The Balaban J connectivity index is 1.99. The summed E-state index contributed by atoms with van der Waals surface area (Å²) in [6, 6.07) is 6.37. The number of carboxylic acids is 1. The summed E-state index contributed by atoms with van der Waals surface area (Å²) in [6.45, 7) is 1.84. The van der Waals surface area contributed by atoms with Gasteiger partial charge in [0.15, 0.2) is 0 Å². The minimum Gasteiger partial charge on any atom is -0.494 e. The van der Waals surface area contributed by atoms with E-state index in [1.165, 1.54) is 13.2 Å². The van der Waals surface area contributed by atoms with Crippen LogP contribution in [0.3, 0.4) is 0 Å². The first-order valence-corrected chi connectivity index (χ1v) is 10.1. The van der Waals surface area contributed by atoms with E-state index < -0.39 is 28.2 Å². The monoisotopic (exact) mass is 424 g/mol. The van der Waals surface area contributed by atoms with Crippen molar-refractivity contribution in [1.29, 1.82) is 0 Å². The number of benzene rings is 1. The van der Waals surface area contributed by atoms with Gasteiger partial charge < -0.3 is 9.84 Å². The Morgan fingerprint density at radius 2 is 2.11 bits per heavy atom. The van der Waals surface area contributed by atoms with Crippen LogP contribution in [0.2, 0.25) is 5.15 Å². The second-order valence-corrected chi connectivity index (χ2v) is 8.20. The Morgan fingerprint density at radius 3 is 2.79 bits per heavy atom. The number of nitrogens with one attached hydrogen (secondary N) is 1. The number of aryl methyl sites for hydroxylation is 1. The van der Waals surface area contributed by atoms with Crippen LogP contribution in [0.15, 0.2) is 30.5 Å². The number of anilines is 1. The minimum absolute atomic E-state index is 0.249. The molecular weight excluding hydrogens is 408 g/mol. The van der Waals surface area contributed by atoms with Gasteiger partial charge in [-0.15, -0.1) is 0 Å². The smallest absolute Gasteiger partial charge is 0.304 e. The molecule has 0 saturated heterocycles. The third-order valence-corrected chi connectivity index (χ3v) is 5.48. The molecule has 28 heavy (non-hydrogen) atoms. The topological polar surface area (TPSA) is 123 Å². The number of pyridine rings is 1. The first kappa shape index (κ1) is 19.9. The van der Waals surface area contributed by atoms with Crippen molar-refractivity contribution < 1.29 is 23.1 Å². The summed E-state index contributed by atoms with van der Waals surface area (Å²) in [5.74, 6) is -1.34. The number of halogens is 1. The van der Waals surface area contributed by atoms with Crippen molar-refractivity contribution in [1.82, 2.24) is 14.8 Å². The molecule has 1 aromatic carbocycles. The van der Waals surface area contributed by atoms with Crippen LogP contribution in [0.25, 0.3) is 16.6 Å². The van der Waals surface area contributed by atoms with Crippen LogP contribution < -0.4 is 9.46 Å². The SMILES string of the molecule is COc1cc(NS(=O)(=O)CCC(=O)O)ccc1-n1nc(C)c2cnc(Cl)cc21. The largest absolute Gasteiger partial charge is 0.494 e. The quantitative estimate of drug-likeness (QED) is 0.558. The van der Waals surface area contributed by atoms with Crippen LogP contribution in [0.1, 0.15) is 12.1 Å². The number of nitrogens with zero attached hydrogens (tertiary/aromatic N) is 3. The molecule has 3 aromatic rings. The van der Waals surface area contributed by atoms with Crippen molar-refractivity contribution in [3.05, 3.63) is 41.3 Å². The molecule has 2 heterocycles. The predicted octanol–water partition coefficient (Wildman–Crippen LogP) is 2.61. The summed E-state index contributed by atoms with van der Waals surface area (Å²) in [6.07, 6.45) is 1.14. The zero-order valence-electron chi connectivity index (χ0n) is 15.0. The van der Waals surface area contributed by atoms with Crippen molar-refractivity contribution in [2.24, 2.45) is 0 Å². The maximum absolute atomic E-state index is 12.0. The van der Waals surface area contributed by atoms with Gasteiger partial charge in [-0.3, -0.25) is 9.52 Å². The normalized spacial score (nSPS) is 11.5. The Hall–Kier alpha value is -2.85. The average Bonchev–Trinajstić information content (AvgIpc) is 2.95. The lowest BCUT2D eigenvalue weighted by Gasteiger charge is -2.13. The zero-order valence-corrected chi connectivity index (χ0v) is 16.6. The van der Waals surface area contributed by atoms with Gasteiger partial charge in [0.05, 0.1) is 36.2 Å². The third-order valence-electron chi connectivity index (χ3n) is 3.98. The van der Waals surface area contributed by atoms with E-state index in [2.05, 4.69) is 14.8 Å². The molecule has 0 aliphatic rings. The number of methoxy groups -OCH3 is 1. The van der Waals surface area contributed by atoms with Gasteiger partial charge in [-0.05, 0) is 19.1 Å². The highest BCUT2D eigenvalue weighted by Crippen LogP contribution is 2.31. The molecule has 0 radical (unpaired) electrons. The fraction of sp³-hybridized carbons (Fsp3) is 0.235. The number of carboxylic acid groups (broad SMARTS) is 1. The fourth-order valence-corrected chi connectivity index (χ4v) is 3.87. The van der Waals surface area contributed by atoms with Gasteiger partial charge in [0.1, 0.15) is 16.6 Å². The molecule has 0 amide bonds. The van der Waals surface area contributed by atoms with E-state index in [1.807, 2.05) is 6.92 Å². The van der Waals surface area contributed by atoms with Crippen LogP contribution in [-0.4, -0.2) is 47.1 Å². The van der Waals surface area contributed by atoms with Gasteiger partial charge in [0.2, 0.25) is 10.0 Å². The lowest BCUT2D eigenvalue weighted by molar-refractivity contribution is -0.136. The molecule has 2 aromatic heterocycles. The number of aliphatic carboxylic acids is 1. The second kappa shape index (κ2) is 7.64. The van der Waals surface area contributed by atoms with Gasteiger partial charge in [0.25, 0.3) is 0 Å². The van der Waals surface area contributed by atoms with Gasteiger partial charge in [-0.25, -0.2) is 18.1 Å². The minimum atomic E-state index is -3.80. The highest BCUT2D eigenvalue weighted by Gasteiger charge is 2.17. The molecule has 0 aliphatic heterocycles. The second-order valence-electron chi connectivity index (χ2n) is 5.97. The first-order chi connectivity index (χ1) is 13.2. The van der Waals surface area contributed by atoms with E-state index in [-0.39, 0.29) is 5.69 Å².